The zero-order valence-electron chi connectivity index (χ0n) is 14.5. The Hall–Kier alpha value is -0.120. The Morgan fingerprint density at radius 1 is 1.10 bits per heavy atom. The Labute approximate surface area is 131 Å². The zero-order valence-corrected chi connectivity index (χ0v) is 14.5. The Bertz CT molecular complexity index is 302. The molecule has 0 amide bonds. The lowest BCUT2D eigenvalue weighted by Gasteiger charge is -2.54. The number of nitrogens with zero attached hydrogens (tertiary/aromatic N) is 1. The van der Waals surface area contributed by atoms with Gasteiger partial charge in [0.15, 0.2) is 0 Å². The molecule has 1 unspecified atom stereocenters. The van der Waals surface area contributed by atoms with Gasteiger partial charge < -0.3 is 10.1 Å². The molecule has 1 atom stereocenters. The highest BCUT2D eigenvalue weighted by Gasteiger charge is 2.44. The fraction of sp³-hybridized carbons (Fsp3) is 1.00. The monoisotopic (exact) mass is 296 g/mol. The zero-order chi connectivity index (χ0) is 15.2. The number of unbranched alkanes of at least 4 members (excludes halogenated alkanes) is 1. The predicted molar refractivity (Wildman–Crippen MR) is 89.8 cm³/mol. The Morgan fingerprint density at radius 3 is 2.52 bits per heavy atom. The summed E-state index contributed by atoms with van der Waals surface area (Å²) in [6.07, 6.45) is 10.6. The molecule has 3 heteroatoms. The highest BCUT2D eigenvalue weighted by Crippen LogP contribution is 2.35. The molecule has 2 fully saturated rings. The van der Waals surface area contributed by atoms with Crippen molar-refractivity contribution in [2.24, 2.45) is 0 Å². The first-order valence-corrected chi connectivity index (χ1v) is 9.22. The van der Waals surface area contributed by atoms with Crippen molar-refractivity contribution in [1.82, 2.24) is 10.2 Å². The van der Waals surface area contributed by atoms with Gasteiger partial charge in [0.1, 0.15) is 0 Å². The summed E-state index contributed by atoms with van der Waals surface area (Å²) in [4.78, 5) is 2.72. The number of piperazine rings is 1. The number of nitrogens with one attached hydrogen (secondary N) is 1. The highest BCUT2D eigenvalue weighted by atomic mass is 16.5. The summed E-state index contributed by atoms with van der Waals surface area (Å²) >= 11 is 0. The number of rotatable bonds is 7. The Morgan fingerprint density at radius 2 is 1.86 bits per heavy atom. The number of hydrogen-bond donors (Lipinski definition) is 1. The summed E-state index contributed by atoms with van der Waals surface area (Å²) in [5.74, 6) is 0. The van der Waals surface area contributed by atoms with Crippen LogP contribution < -0.4 is 5.32 Å². The molecule has 124 valence electrons. The van der Waals surface area contributed by atoms with Crippen molar-refractivity contribution in [2.75, 3.05) is 32.8 Å². The molecule has 1 aliphatic carbocycles. The molecule has 0 aromatic rings. The van der Waals surface area contributed by atoms with E-state index in [1.54, 1.807) is 0 Å². The van der Waals surface area contributed by atoms with Crippen molar-refractivity contribution < 1.29 is 4.74 Å². The molecule has 1 saturated carbocycles. The van der Waals surface area contributed by atoms with Gasteiger partial charge in [0.2, 0.25) is 0 Å². The lowest BCUT2D eigenvalue weighted by Crippen LogP contribution is -2.69. The van der Waals surface area contributed by atoms with E-state index >= 15 is 0 Å². The third-order valence-corrected chi connectivity index (χ3v) is 5.82. The van der Waals surface area contributed by atoms with Crippen molar-refractivity contribution in [2.45, 2.75) is 83.2 Å². The van der Waals surface area contributed by atoms with Crippen molar-refractivity contribution >= 4 is 0 Å². The maximum atomic E-state index is 5.83. The molecule has 1 aliphatic heterocycles. The van der Waals surface area contributed by atoms with Crippen LogP contribution in [0.5, 0.6) is 0 Å². The van der Waals surface area contributed by atoms with Gasteiger partial charge in [-0.3, -0.25) is 4.90 Å². The molecule has 0 aromatic carbocycles. The largest absolute Gasteiger partial charge is 0.380 e. The van der Waals surface area contributed by atoms with Crippen LogP contribution in [0.4, 0.5) is 0 Å². The van der Waals surface area contributed by atoms with E-state index in [2.05, 4.69) is 31.0 Å². The van der Waals surface area contributed by atoms with Crippen molar-refractivity contribution in [1.29, 1.82) is 0 Å². The maximum Gasteiger partial charge on any atom is 0.0593 e. The van der Waals surface area contributed by atoms with Gasteiger partial charge in [-0.1, -0.05) is 39.5 Å². The summed E-state index contributed by atoms with van der Waals surface area (Å²) in [7, 11) is 0. The minimum absolute atomic E-state index is 0.302. The molecule has 1 heterocycles. The standard InChI is InChI=1S/C18H36N2O/c1-4-6-13-21-14-12-20-16-18(10-8-7-9-11-18)19-15-17(20,3)5-2/h19H,4-16H2,1-3H3. The van der Waals surface area contributed by atoms with Crippen molar-refractivity contribution in [3.8, 4) is 0 Å². The smallest absolute Gasteiger partial charge is 0.0593 e. The van der Waals surface area contributed by atoms with Gasteiger partial charge in [0.05, 0.1) is 6.61 Å². The lowest BCUT2D eigenvalue weighted by molar-refractivity contribution is -0.0197. The molecular formula is C18H36N2O. The van der Waals surface area contributed by atoms with Crippen LogP contribution in [-0.4, -0.2) is 48.8 Å². The van der Waals surface area contributed by atoms with Crippen LogP contribution in [0.15, 0.2) is 0 Å². The highest BCUT2D eigenvalue weighted by molar-refractivity contribution is 5.04. The summed E-state index contributed by atoms with van der Waals surface area (Å²) in [5, 5.41) is 3.93. The fourth-order valence-electron chi connectivity index (χ4n) is 3.89. The molecule has 0 radical (unpaired) electrons. The second-order valence-corrected chi connectivity index (χ2v) is 7.43. The van der Waals surface area contributed by atoms with Crippen LogP contribution in [0.1, 0.15) is 72.1 Å². The van der Waals surface area contributed by atoms with E-state index < -0.39 is 0 Å². The van der Waals surface area contributed by atoms with Crippen LogP contribution in [0.25, 0.3) is 0 Å². The molecule has 2 aliphatic rings. The van der Waals surface area contributed by atoms with Crippen molar-refractivity contribution in [3.63, 3.8) is 0 Å². The number of hydrogen-bond acceptors (Lipinski definition) is 3. The van der Waals surface area contributed by atoms with Crippen LogP contribution >= 0.6 is 0 Å². The Kier molecular flexibility index (Phi) is 6.51. The van der Waals surface area contributed by atoms with Crippen LogP contribution in [0, 0.1) is 0 Å². The van der Waals surface area contributed by atoms with E-state index in [1.807, 2.05) is 0 Å². The molecule has 3 nitrogen and oxygen atoms in total. The topological polar surface area (TPSA) is 24.5 Å². The molecular weight excluding hydrogens is 260 g/mol. The molecule has 2 rings (SSSR count). The average molecular weight is 296 g/mol. The summed E-state index contributed by atoms with van der Waals surface area (Å²) in [6.45, 7) is 12.2. The molecule has 0 bridgehead atoms. The molecule has 1 spiro atoms. The van der Waals surface area contributed by atoms with Gasteiger partial charge in [-0.15, -0.1) is 0 Å². The normalized spacial score (nSPS) is 29.9. The summed E-state index contributed by atoms with van der Waals surface area (Å²) in [6, 6.07) is 0. The van der Waals surface area contributed by atoms with Gasteiger partial charge >= 0.3 is 0 Å². The number of ether oxygens (including phenoxy) is 1. The van der Waals surface area contributed by atoms with Crippen LogP contribution in [-0.2, 0) is 4.74 Å². The van der Waals surface area contributed by atoms with E-state index in [0.29, 0.717) is 11.1 Å². The van der Waals surface area contributed by atoms with Gasteiger partial charge in [0.25, 0.3) is 0 Å². The van der Waals surface area contributed by atoms with Gasteiger partial charge in [-0.25, -0.2) is 0 Å². The molecule has 1 N–H and O–H groups in total. The summed E-state index contributed by atoms with van der Waals surface area (Å²) < 4.78 is 5.83. The molecule has 21 heavy (non-hydrogen) atoms. The van der Waals surface area contributed by atoms with Gasteiger partial charge in [-0.05, 0) is 32.6 Å². The third kappa shape index (κ3) is 4.43. The maximum absolute atomic E-state index is 5.83. The second-order valence-electron chi connectivity index (χ2n) is 7.43. The quantitative estimate of drug-likeness (QED) is 0.727. The molecule has 1 saturated heterocycles. The lowest BCUT2D eigenvalue weighted by atomic mass is 9.77. The first kappa shape index (κ1) is 17.2. The van der Waals surface area contributed by atoms with E-state index in [9.17, 15) is 0 Å². The van der Waals surface area contributed by atoms with Gasteiger partial charge in [0, 0.05) is 37.3 Å². The molecule has 0 aromatic heterocycles. The van der Waals surface area contributed by atoms with E-state index in [1.165, 1.54) is 57.9 Å². The van der Waals surface area contributed by atoms with Crippen LogP contribution in [0.2, 0.25) is 0 Å². The first-order valence-electron chi connectivity index (χ1n) is 9.22. The first-order chi connectivity index (χ1) is 10.1. The SMILES string of the molecule is CCCCOCCN1CC2(CCCCC2)NCC1(C)CC. The third-order valence-electron chi connectivity index (χ3n) is 5.82. The van der Waals surface area contributed by atoms with E-state index in [4.69, 9.17) is 4.74 Å². The van der Waals surface area contributed by atoms with Crippen molar-refractivity contribution in [3.05, 3.63) is 0 Å². The second kappa shape index (κ2) is 7.94. The fourth-order valence-corrected chi connectivity index (χ4v) is 3.89. The van der Waals surface area contributed by atoms with Gasteiger partial charge in [-0.2, -0.15) is 0 Å². The van der Waals surface area contributed by atoms with E-state index in [0.717, 1.165) is 26.3 Å². The minimum atomic E-state index is 0.302. The average Bonchev–Trinajstić information content (AvgIpc) is 2.52. The Balaban J connectivity index is 1.89. The predicted octanol–water partition coefficient (Wildman–Crippen LogP) is 3.58. The minimum Gasteiger partial charge on any atom is -0.380 e. The van der Waals surface area contributed by atoms with Crippen LogP contribution in [0.3, 0.4) is 0 Å². The summed E-state index contributed by atoms with van der Waals surface area (Å²) in [5.41, 5.74) is 0.702. The van der Waals surface area contributed by atoms with E-state index in [-0.39, 0.29) is 0 Å².